The molecule has 2 aromatic carbocycles. The number of imidazole rings is 1. The van der Waals surface area contributed by atoms with Crippen molar-refractivity contribution in [2.75, 3.05) is 6.61 Å². The molecule has 0 bridgehead atoms. The van der Waals surface area contributed by atoms with E-state index in [1.807, 2.05) is 35.0 Å². The summed E-state index contributed by atoms with van der Waals surface area (Å²) in [6.45, 7) is 12.9. The Morgan fingerprint density at radius 3 is 2.21 bits per heavy atom. The van der Waals surface area contributed by atoms with Crippen molar-refractivity contribution in [3.8, 4) is 11.1 Å². The summed E-state index contributed by atoms with van der Waals surface area (Å²) in [6, 6.07) is 19.2. The Hall–Kier alpha value is 0.959. The normalized spacial score (nSPS) is 9.85. The second-order valence-electron chi connectivity index (χ2n) is 5.83. The summed E-state index contributed by atoms with van der Waals surface area (Å²) in [5.74, 6) is 0.623. The van der Waals surface area contributed by atoms with Gasteiger partial charge in [-0.2, -0.15) is 37.3 Å². The molecule has 1 heterocycles. The molecule has 4 nitrogen and oxygen atoms in total. The van der Waals surface area contributed by atoms with Crippen molar-refractivity contribution < 1.29 is 116 Å². The summed E-state index contributed by atoms with van der Waals surface area (Å²) in [5, 5.41) is 10.2. The monoisotopic (exact) mass is 735 g/mol. The third kappa shape index (κ3) is 16.3. The molecule has 0 saturated carbocycles. The Morgan fingerprint density at radius 1 is 1.18 bits per heavy atom. The van der Waals surface area contributed by atoms with Crippen LogP contribution in [0.1, 0.15) is 18.9 Å². The van der Waals surface area contributed by atoms with Gasteiger partial charge in [0.15, 0.2) is 0 Å². The summed E-state index contributed by atoms with van der Waals surface area (Å²) in [6.07, 6.45) is 6.84. The summed E-state index contributed by atoms with van der Waals surface area (Å²) < 4.78 is 5.99. The molecule has 1 radical (unpaired) electrons. The zero-order chi connectivity index (χ0) is 22.2. The molecular weight excluding hydrogens is 705 g/mol. The Morgan fingerprint density at radius 2 is 1.73 bits per heavy atom. The predicted molar refractivity (Wildman–Crippen MR) is 133 cm³/mol. The number of thioether (sulfide) groups is 1. The molecule has 0 spiro atoms. The standard InChI is InChI=1S/C20H18N2OS.C3H6O.C2H5.CH3.Cs.Er/c1-16(13-20(23)24-15-22-12-11-21-14-22)17-7-9-19(10-8-17)18-5-3-2-4-6-18;1-3-4-2;1-2;;;/h3-12,20,23H,1,13,15H2;1-3H2;1H2,2H3;1H3;;/q2*-2;2*-1;+1;+3. The maximum Gasteiger partial charge on any atom is 3.00 e. The molecule has 1 aromatic heterocycles. The average molecular weight is 737 g/mol. The molecule has 1 N–H and O–H groups in total. The van der Waals surface area contributed by atoms with Crippen LogP contribution in [0, 0.1) is 78.1 Å². The van der Waals surface area contributed by atoms with Crippen LogP contribution in [-0.2, 0) is 10.6 Å². The number of rotatable bonds is 8. The molecule has 1 unspecified atom stereocenters. The zero-order valence-corrected chi connectivity index (χ0v) is 28.7. The minimum atomic E-state index is -0.502. The van der Waals surface area contributed by atoms with Crippen LogP contribution in [-0.4, -0.2) is 26.7 Å². The molecule has 0 fully saturated rings. The van der Waals surface area contributed by atoms with E-state index in [0.29, 0.717) is 18.9 Å². The van der Waals surface area contributed by atoms with E-state index in [1.54, 1.807) is 13.1 Å². The molecular formula is C26H32CsErN2O2S-2. The number of hydrogen-bond acceptors (Lipinski definition) is 4. The predicted octanol–water partition coefficient (Wildman–Crippen LogP) is 3.19. The van der Waals surface area contributed by atoms with Gasteiger partial charge in [0.05, 0.1) is 0 Å². The van der Waals surface area contributed by atoms with Gasteiger partial charge >= 0.3 is 106 Å². The number of benzene rings is 2. The number of aliphatic hydroxyl groups is 1. The topological polar surface area (TPSA) is 47.3 Å². The van der Waals surface area contributed by atoms with Crippen molar-refractivity contribution in [1.29, 1.82) is 0 Å². The SMILES string of the molecule is C=C(CC(O)SCn1[c-]ncc1)c1ccc(-c2cc[c-]cc2)cc1.[CH2-]C.[CH2-]CO[CH2-].[CH3-].[Cs+].[Er+3]. The fourth-order valence-electron chi connectivity index (χ4n) is 2.36. The average Bonchev–Trinajstić information content (AvgIpc) is 3.34. The van der Waals surface area contributed by atoms with E-state index in [1.165, 1.54) is 11.8 Å². The van der Waals surface area contributed by atoms with Crippen molar-refractivity contribution >= 4 is 17.3 Å². The van der Waals surface area contributed by atoms with E-state index in [-0.39, 0.29) is 114 Å². The summed E-state index contributed by atoms with van der Waals surface area (Å²) in [4.78, 5) is 3.87. The van der Waals surface area contributed by atoms with Crippen LogP contribution in [0.4, 0.5) is 0 Å². The van der Waals surface area contributed by atoms with E-state index in [2.05, 4.69) is 73.9 Å². The third-order valence-corrected chi connectivity index (χ3v) is 4.80. The molecule has 3 rings (SSSR count). The van der Waals surface area contributed by atoms with E-state index in [4.69, 9.17) is 0 Å². The molecule has 7 heteroatoms. The first-order valence-electron chi connectivity index (χ1n) is 9.44. The largest absolute Gasteiger partial charge is 3.00 e. The van der Waals surface area contributed by atoms with Crippen LogP contribution in [0.15, 0.2) is 67.5 Å². The molecule has 0 aliphatic rings. The Balaban J connectivity index is -0.000000907. The van der Waals surface area contributed by atoms with Gasteiger partial charge in [-0.05, 0) is 16.7 Å². The van der Waals surface area contributed by atoms with Gasteiger partial charge in [0, 0.05) is 18.6 Å². The van der Waals surface area contributed by atoms with Gasteiger partial charge in [-0.3, -0.25) is 0 Å². The van der Waals surface area contributed by atoms with Gasteiger partial charge in [0.25, 0.3) is 0 Å². The van der Waals surface area contributed by atoms with E-state index in [0.717, 1.165) is 22.3 Å². The molecule has 0 saturated heterocycles. The van der Waals surface area contributed by atoms with Gasteiger partial charge in [-0.15, -0.1) is 36.3 Å². The van der Waals surface area contributed by atoms with Crippen molar-refractivity contribution in [1.82, 2.24) is 9.55 Å². The molecule has 3 aromatic rings. The minimum absolute atomic E-state index is 0. The van der Waals surface area contributed by atoms with Crippen LogP contribution >= 0.6 is 11.8 Å². The van der Waals surface area contributed by atoms with Gasteiger partial charge in [-0.1, -0.05) is 30.8 Å². The van der Waals surface area contributed by atoms with Crippen LogP contribution in [0.25, 0.3) is 16.7 Å². The van der Waals surface area contributed by atoms with Crippen LogP contribution < -0.4 is 68.9 Å². The molecule has 0 amide bonds. The number of ether oxygens (including phenoxy) is 1. The summed E-state index contributed by atoms with van der Waals surface area (Å²) in [5.41, 5.74) is 3.80. The van der Waals surface area contributed by atoms with Gasteiger partial charge in [-0.25, -0.2) is 7.11 Å². The molecule has 33 heavy (non-hydrogen) atoms. The van der Waals surface area contributed by atoms with Crippen LogP contribution in [0.2, 0.25) is 0 Å². The third-order valence-electron chi connectivity index (χ3n) is 3.82. The molecule has 179 valence electrons. The van der Waals surface area contributed by atoms with Crippen molar-refractivity contribution in [3.63, 3.8) is 0 Å². The van der Waals surface area contributed by atoms with E-state index < -0.39 is 5.44 Å². The van der Waals surface area contributed by atoms with Gasteiger partial charge in [0.2, 0.25) is 0 Å². The number of nitrogens with zero attached hydrogens (tertiary/aromatic N) is 2. The molecule has 0 aliphatic carbocycles. The second-order valence-corrected chi connectivity index (χ2v) is 6.97. The molecule has 0 aliphatic heterocycles. The van der Waals surface area contributed by atoms with Crippen molar-refractivity contribution in [2.24, 2.45) is 0 Å². The molecule has 1 atom stereocenters. The van der Waals surface area contributed by atoms with Crippen molar-refractivity contribution in [2.45, 2.75) is 24.7 Å². The first-order chi connectivity index (χ1) is 14.6. The van der Waals surface area contributed by atoms with Crippen LogP contribution in [0.3, 0.4) is 0 Å². The summed E-state index contributed by atoms with van der Waals surface area (Å²) in [7, 11) is 3.04. The zero-order valence-electron chi connectivity index (χ0n) is 19.7. The second kappa shape index (κ2) is 24.6. The van der Waals surface area contributed by atoms with Crippen molar-refractivity contribution in [3.05, 3.63) is 114 Å². The maximum atomic E-state index is 10.2. The van der Waals surface area contributed by atoms with Gasteiger partial charge in [0.1, 0.15) is 5.44 Å². The van der Waals surface area contributed by atoms with E-state index in [9.17, 15) is 5.11 Å². The number of hydrogen-bond donors (Lipinski definition) is 1. The Labute approximate surface area is 294 Å². The van der Waals surface area contributed by atoms with Crippen LogP contribution in [0.5, 0.6) is 0 Å². The maximum absolute atomic E-state index is 10.2. The fourth-order valence-corrected chi connectivity index (χ4v) is 3.15. The van der Waals surface area contributed by atoms with E-state index >= 15 is 0 Å². The van der Waals surface area contributed by atoms with Gasteiger partial charge < -0.3 is 40.7 Å². The smallest absolute Gasteiger partial charge is 0.581 e. The summed E-state index contributed by atoms with van der Waals surface area (Å²) >= 11 is 1.44. The fraction of sp³-hybridized carbons (Fsp3) is 0.192. The Kier molecular flexibility index (Phi) is 28.7. The quantitative estimate of drug-likeness (QED) is 0.286. The minimum Gasteiger partial charge on any atom is -0.581 e. The first-order valence-corrected chi connectivity index (χ1v) is 10.5. The number of aliphatic hydroxyl groups excluding tert-OH is 1. The first kappa shape index (κ1) is 38.5. The number of aromatic nitrogens is 2. The Bertz CT molecular complexity index is 814.